The van der Waals surface area contributed by atoms with Gasteiger partial charge in [0.2, 0.25) is 5.91 Å². The Morgan fingerprint density at radius 3 is 2.54 bits per heavy atom. The number of hydrogen-bond donors (Lipinski definition) is 0. The minimum atomic E-state index is 0.0205. The van der Waals surface area contributed by atoms with Gasteiger partial charge in [0.1, 0.15) is 5.76 Å². The first kappa shape index (κ1) is 18.1. The molecule has 0 radical (unpaired) electrons. The van der Waals surface area contributed by atoms with Gasteiger partial charge < -0.3 is 18.8 Å². The summed E-state index contributed by atoms with van der Waals surface area (Å²) in [4.78, 5) is 16.5. The van der Waals surface area contributed by atoms with E-state index in [4.69, 9.17) is 13.9 Å². The van der Waals surface area contributed by atoms with Crippen LogP contribution in [0.2, 0.25) is 0 Å². The van der Waals surface area contributed by atoms with Crippen molar-refractivity contribution in [3.05, 3.63) is 54.0 Å². The van der Waals surface area contributed by atoms with Gasteiger partial charge >= 0.3 is 0 Å². The summed E-state index contributed by atoms with van der Waals surface area (Å²) in [5.41, 5.74) is 1.17. The maximum Gasteiger partial charge on any atom is 0.246 e. The maximum absolute atomic E-state index is 12.3. The zero-order chi connectivity index (χ0) is 18.4. The average molecular weight is 356 g/mol. The molecule has 0 aliphatic carbocycles. The molecule has 0 unspecified atom stereocenters. The van der Waals surface area contributed by atoms with E-state index in [0.29, 0.717) is 18.8 Å². The van der Waals surface area contributed by atoms with E-state index in [1.165, 1.54) is 5.56 Å². The summed E-state index contributed by atoms with van der Waals surface area (Å²) >= 11 is 0. The fourth-order valence-corrected chi connectivity index (χ4v) is 3.01. The van der Waals surface area contributed by atoms with Gasteiger partial charge in [-0.15, -0.1) is 0 Å². The molecule has 0 N–H and O–H groups in total. The van der Waals surface area contributed by atoms with Gasteiger partial charge in [-0.1, -0.05) is 6.07 Å². The molecule has 1 amide bonds. The molecule has 1 aliphatic rings. The molecule has 1 saturated heterocycles. The molecular formula is C20H24N2O4. The number of piperazine rings is 1. The monoisotopic (exact) mass is 356 g/mol. The predicted molar refractivity (Wildman–Crippen MR) is 99.1 cm³/mol. The summed E-state index contributed by atoms with van der Waals surface area (Å²) in [5.74, 6) is 2.18. The summed E-state index contributed by atoms with van der Waals surface area (Å²) in [6.07, 6.45) is 4.87. The fourth-order valence-electron chi connectivity index (χ4n) is 3.01. The minimum Gasteiger partial charge on any atom is -0.493 e. The summed E-state index contributed by atoms with van der Waals surface area (Å²) < 4.78 is 15.8. The van der Waals surface area contributed by atoms with Crippen molar-refractivity contribution in [1.29, 1.82) is 0 Å². The molecule has 2 heterocycles. The standard InChI is InChI=1S/C20H24N2O4/c1-24-18-7-5-16(14-19(18)25-2)15-21-9-11-22(12-10-21)20(23)8-6-17-4-3-13-26-17/h3-8,13-14H,9-12,15H2,1-2H3/b8-6+. The highest BCUT2D eigenvalue weighted by molar-refractivity contribution is 5.91. The molecule has 0 spiro atoms. The number of methoxy groups -OCH3 is 2. The number of benzene rings is 1. The van der Waals surface area contributed by atoms with Crippen molar-refractivity contribution in [1.82, 2.24) is 9.80 Å². The van der Waals surface area contributed by atoms with Crippen LogP contribution in [-0.4, -0.2) is 56.1 Å². The topological polar surface area (TPSA) is 55.2 Å². The molecule has 0 atom stereocenters. The molecule has 1 aromatic carbocycles. The van der Waals surface area contributed by atoms with Crippen LogP contribution in [0.5, 0.6) is 11.5 Å². The van der Waals surface area contributed by atoms with Crippen LogP contribution in [0, 0.1) is 0 Å². The van der Waals surface area contributed by atoms with Crippen LogP contribution in [0.15, 0.2) is 47.1 Å². The third kappa shape index (κ3) is 4.46. The van der Waals surface area contributed by atoms with Crippen molar-refractivity contribution in [2.45, 2.75) is 6.54 Å². The Morgan fingerprint density at radius 2 is 1.88 bits per heavy atom. The van der Waals surface area contributed by atoms with Crippen LogP contribution in [-0.2, 0) is 11.3 Å². The lowest BCUT2D eigenvalue weighted by Crippen LogP contribution is -2.47. The van der Waals surface area contributed by atoms with Crippen LogP contribution >= 0.6 is 0 Å². The van der Waals surface area contributed by atoms with E-state index in [1.807, 2.05) is 29.2 Å². The Hall–Kier alpha value is -2.73. The average Bonchev–Trinajstić information content (AvgIpc) is 3.20. The van der Waals surface area contributed by atoms with Crippen molar-refractivity contribution in [2.24, 2.45) is 0 Å². The summed E-state index contributed by atoms with van der Waals surface area (Å²) in [6.45, 7) is 3.94. The lowest BCUT2D eigenvalue weighted by atomic mass is 10.1. The third-order valence-electron chi connectivity index (χ3n) is 4.47. The van der Waals surface area contributed by atoms with Crippen molar-refractivity contribution in [2.75, 3.05) is 40.4 Å². The van der Waals surface area contributed by atoms with Crippen LogP contribution in [0.25, 0.3) is 6.08 Å². The van der Waals surface area contributed by atoms with E-state index < -0.39 is 0 Å². The molecule has 0 saturated carbocycles. The molecule has 6 nitrogen and oxygen atoms in total. The minimum absolute atomic E-state index is 0.0205. The van der Waals surface area contributed by atoms with Crippen LogP contribution in [0.3, 0.4) is 0 Å². The van der Waals surface area contributed by atoms with E-state index in [9.17, 15) is 4.79 Å². The van der Waals surface area contributed by atoms with Gasteiger partial charge in [-0.05, 0) is 35.9 Å². The second-order valence-corrected chi connectivity index (χ2v) is 6.14. The number of carbonyl (C=O) groups is 1. The van der Waals surface area contributed by atoms with E-state index in [1.54, 1.807) is 38.7 Å². The van der Waals surface area contributed by atoms with Gasteiger partial charge in [0.25, 0.3) is 0 Å². The number of rotatable bonds is 6. The van der Waals surface area contributed by atoms with E-state index in [-0.39, 0.29) is 5.91 Å². The third-order valence-corrected chi connectivity index (χ3v) is 4.47. The molecule has 2 aromatic rings. The normalized spacial score (nSPS) is 15.4. The number of carbonyl (C=O) groups excluding carboxylic acids is 1. The highest BCUT2D eigenvalue weighted by Crippen LogP contribution is 2.28. The zero-order valence-corrected chi connectivity index (χ0v) is 15.2. The van der Waals surface area contributed by atoms with Crippen molar-refractivity contribution in [3.8, 4) is 11.5 Å². The first-order valence-electron chi connectivity index (χ1n) is 8.63. The summed E-state index contributed by atoms with van der Waals surface area (Å²) in [5, 5.41) is 0. The van der Waals surface area contributed by atoms with Gasteiger partial charge in [0.05, 0.1) is 20.5 Å². The first-order chi connectivity index (χ1) is 12.7. The van der Waals surface area contributed by atoms with Crippen LogP contribution in [0.1, 0.15) is 11.3 Å². The van der Waals surface area contributed by atoms with E-state index in [2.05, 4.69) is 4.90 Å². The number of furan rings is 1. The number of ether oxygens (including phenoxy) is 2. The maximum atomic E-state index is 12.3. The molecule has 0 bridgehead atoms. The van der Waals surface area contributed by atoms with Crippen LogP contribution in [0.4, 0.5) is 0 Å². The molecule has 138 valence electrons. The van der Waals surface area contributed by atoms with Gasteiger partial charge in [0, 0.05) is 38.8 Å². The molecular weight excluding hydrogens is 332 g/mol. The van der Waals surface area contributed by atoms with Gasteiger partial charge in [0.15, 0.2) is 11.5 Å². The largest absolute Gasteiger partial charge is 0.493 e. The highest BCUT2D eigenvalue weighted by atomic mass is 16.5. The smallest absolute Gasteiger partial charge is 0.246 e. The van der Waals surface area contributed by atoms with Gasteiger partial charge in [-0.2, -0.15) is 0 Å². The highest BCUT2D eigenvalue weighted by Gasteiger charge is 2.20. The Balaban J connectivity index is 1.51. The zero-order valence-electron chi connectivity index (χ0n) is 15.2. The van der Waals surface area contributed by atoms with E-state index in [0.717, 1.165) is 31.1 Å². The van der Waals surface area contributed by atoms with Gasteiger partial charge in [-0.3, -0.25) is 9.69 Å². The van der Waals surface area contributed by atoms with Crippen molar-refractivity contribution in [3.63, 3.8) is 0 Å². The number of nitrogens with zero attached hydrogens (tertiary/aromatic N) is 2. The predicted octanol–water partition coefficient (Wildman–Crippen LogP) is 2.65. The number of hydrogen-bond acceptors (Lipinski definition) is 5. The van der Waals surface area contributed by atoms with Crippen molar-refractivity contribution >= 4 is 12.0 Å². The van der Waals surface area contributed by atoms with Crippen molar-refractivity contribution < 1.29 is 18.7 Å². The Bertz CT molecular complexity index is 747. The fraction of sp³-hybridized carbons (Fsp3) is 0.350. The molecule has 1 aliphatic heterocycles. The Morgan fingerprint density at radius 1 is 1.12 bits per heavy atom. The molecule has 3 rings (SSSR count). The van der Waals surface area contributed by atoms with Gasteiger partial charge in [-0.25, -0.2) is 0 Å². The number of amides is 1. The lowest BCUT2D eigenvalue weighted by molar-refractivity contribution is -0.127. The molecule has 1 aromatic heterocycles. The second-order valence-electron chi connectivity index (χ2n) is 6.14. The Labute approximate surface area is 153 Å². The molecule has 1 fully saturated rings. The van der Waals surface area contributed by atoms with Crippen LogP contribution < -0.4 is 9.47 Å². The molecule has 6 heteroatoms. The summed E-state index contributed by atoms with van der Waals surface area (Å²) in [6, 6.07) is 9.60. The van der Waals surface area contributed by atoms with E-state index >= 15 is 0 Å². The first-order valence-corrected chi connectivity index (χ1v) is 8.63. The Kier molecular flexibility index (Phi) is 5.96. The second kappa shape index (κ2) is 8.58. The molecule has 26 heavy (non-hydrogen) atoms. The SMILES string of the molecule is COc1ccc(CN2CCN(C(=O)/C=C/c3ccco3)CC2)cc1OC. The quantitative estimate of drug-likeness (QED) is 0.745. The summed E-state index contributed by atoms with van der Waals surface area (Å²) in [7, 11) is 3.27. The lowest BCUT2D eigenvalue weighted by Gasteiger charge is -2.34.